The number of sulfonamides is 1. The number of aryl methyl sites for hydroxylation is 2. The Bertz CT molecular complexity index is 1350. The van der Waals surface area contributed by atoms with Crippen LogP contribution in [0.5, 0.6) is 5.75 Å². The van der Waals surface area contributed by atoms with Crippen molar-refractivity contribution >= 4 is 21.2 Å². The van der Waals surface area contributed by atoms with E-state index in [9.17, 15) is 8.42 Å². The molecule has 4 aromatic rings. The van der Waals surface area contributed by atoms with Crippen molar-refractivity contribution in [2.75, 3.05) is 6.61 Å². The Balaban J connectivity index is 1.62. The van der Waals surface area contributed by atoms with Gasteiger partial charge in [0, 0.05) is 6.20 Å². The minimum Gasteiger partial charge on any atom is -0.494 e. The number of aromatic nitrogens is 3. The van der Waals surface area contributed by atoms with Crippen LogP contribution in [0.2, 0.25) is 0 Å². The summed E-state index contributed by atoms with van der Waals surface area (Å²) in [4.78, 5) is 9.38. The molecule has 0 bridgehead atoms. The molecule has 2 aromatic carbocycles. The van der Waals surface area contributed by atoms with Crippen LogP contribution in [0.15, 0.2) is 65.7 Å². The molecule has 0 unspecified atom stereocenters. The first kappa shape index (κ1) is 22.0. The number of ether oxygens (including phenoxy) is 1. The number of nitrogens with zero attached hydrogens (tertiary/aromatic N) is 3. The van der Waals surface area contributed by atoms with Gasteiger partial charge in [-0.25, -0.2) is 23.1 Å². The van der Waals surface area contributed by atoms with Crippen molar-refractivity contribution in [2.45, 2.75) is 38.8 Å². The van der Waals surface area contributed by atoms with E-state index < -0.39 is 10.0 Å². The summed E-state index contributed by atoms with van der Waals surface area (Å²) < 4.78 is 36.1. The van der Waals surface area contributed by atoms with E-state index in [0.717, 1.165) is 22.4 Å². The number of nitrogens with one attached hydrogen (secondary N) is 1. The van der Waals surface area contributed by atoms with Crippen LogP contribution in [0.25, 0.3) is 11.2 Å². The Morgan fingerprint density at radius 2 is 1.84 bits per heavy atom. The number of benzene rings is 2. The number of imidazole rings is 1. The molecule has 1 N–H and O–H groups in total. The van der Waals surface area contributed by atoms with Gasteiger partial charge < -0.3 is 9.30 Å². The molecule has 0 saturated carbocycles. The first-order valence-corrected chi connectivity index (χ1v) is 11.9. The highest BCUT2D eigenvalue weighted by Gasteiger charge is 2.19. The molecule has 0 amide bonds. The van der Waals surface area contributed by atoms with Crippen molar-refractivity contribution in [3.8, 4) is 5.75 Å². The molecule has 0 aliphatic heterocycles. The van der Waals surface area contributed by atoms with Crippen molar-refractivity contribution in [3.63, 3.8) is 0 Å². The second-order valence-corrected chi connectivity index (χ2v) is 9.37. The van der Waals surface area contributed by atoms with Gasteiger partial charge in [-0.3, -0.25) is 0 Å². The first-order chi connectivity index (χ1) is 15.4. The predicted octanol–water partition coefficient (Wildman–Crippen LogP) is 3.97. The van der Waals surface area contributed by atoms with E-state index in [-0.39, 0.29) is 11.4 Å². The Kier molecular flexibility index (Phi) is 6.25. The molecular weight excluding hydrogens is 424 g/mol. The zero-order chi connectivity index (χ0) is 22.7. The maximum atomic E-state index is 12.9. The quantitative estimate of drug-likeness (QED) is 0.439. The van der Waals surface area contributed by atoms with Crippen LogP contribution >= 0.6 is 0 Å². The molecule has 8 heteroatoms. The fourth-order valence-corrected chi connectivity index (χ4v) is 4.89. The summed E-state index contributed by atoms with van der Waals surface area (Å²) in [6.07, 6.45) is 1.71. The Hall–Kier alpha value is -3.23. The van der Waals surface area contributed by atoms with Crippen LogP contribution < -0.4 is 9.46 Å². The van der Waals surface area contributed by atoms with Crippen LogP contribution in [0, 0.1) is 13.8 Å². The van der Waals surface area contributed by atoms with Crippen molar-refractivity contribution in [1.82, 2.24) is 19.3 Å². The molecule has 0 spiro atoms. The van der Waals surface area contributed by atoms with Crippen LogP contribution in [0.3, 0.4) is 0 Å². The zero-order valence-electron chi connectivity index (χ0n) is 18.4. The van der Waals surface area contributed by atoms with Gasteiger partial charge in [0.05, 0.1) is 24.6 Å². The molecule has 2 aromatic heterocycles. The third-order valence-corrected chi connectivity index (χ3v) is 6.76. The maximum absolute atomic E-state index is 12.9. The van der Waals surface area contributed by atoms with Gasteiger partial charge in [0.1, 0.15) is 17.1 Å². The lowest BCUT2D eigenvalue weighted by molar-refractivity contribution is 0.340. The van der Waals surface area contributed by atoms with Crippen LogP contribution in [0.1, 0.15) is 29.4 Å². The Labute approximate surface area is 188 Å². The molecule has 2 heterocycles. The van der Waals surface area contributed by atoms with Crippen molar-refractivity contribution < 1.29 is 13.2 Å². The summed E-state index contributed by atoms with van der Waals surface area (Å²) in [5.74, 6) is 1.41. The van der Waals surface area contributed by atoms with Gasteiger partial charge in [0.15, 0.2) is 5.65 Å². The highest BCUT2D eigenvalue weighted by molar-refractivity contribution is 7.89. The van der Waals surface area contributed by atoms with E-state index >= 15 is 0 Å². The smallest absolute Gasteiger partial charge is 0.241 e. The normalized spacial score (nSPS) is 11.7. The summed E-state index contributed by atoms with van der Waals surface area (Å²) in [5.41, 5.74) is 4.20. The number of pyridine rings is 1. The van der Waals surface area contributed by atoms with Gasteiger partial charge >= 0.3 is 0 Å². The first-order valence-electron chi connectivity index (χ1n) is 10.5. The fraction of sp³-hybridized carbons (Fsp3) is 0.250. The van der Waals surface area contributed by atoms with Crippen molar-refractivity contribution in [3.05, 3.63) is 83.3 Å². The van der Waals surface area contributed by atoms with Gasteiger partial charge in [-0.05, 0) is 62.2 Å². The average molecular weight is 451 g/mol. The Morgan fingerprint density at radius 1 is 1.06 bits per heavy atom. The van der Waals surface area contributed by atoms with Gasteiger partial charge in [0.25, 0.3) is 0 Å². The molecule has 0 aliphatic rings. The summed E-state index contributed by atoms with van der Waals surface area (Å²) in [6, 6.07) is 16.8. The van der Waals surface area contributed by atoms with Crippen LogP contribution in [-0.2, 0) is 23.1 Å². The molecular formula is C24H26N4O3S. The van der Waals surface area contributed by atoms with Crippen LogP contribution in [-0.4, -0.2) is 29.6 Å². The van der Waals surface area contributed by atoms with E-state index in [0.29, 0.717) is 30.2 Å². The summed E-state index contributed by atoms with van der Waals surface area (Å²) in [7, 11) is -3.69. The molecule has 0 atom stereocenters. The number of hydrogen-bond donors (Lipinski definition) is 1. The highest BCUT2D eigenvalue weighted by Crippen LogP contribution is 2.20. The summed E-state index contributed by atoms with van der Waals surface area (Å²) >= 11 is 0. The predicted molar refractivity (Wildman–Crippen MR) is 124 cm³/mol. The van der Waals surface area contributed by atoms with Crippen molar-refractivity contribution in [1.29, 1.82) is 0 Å². The third kappa shape index (κ3) is 4.66. The fourth-order valence-electron chi connectivity index (χ4n) is 3.68. The van der Waals surface area contributed by atoms with E-state index in [1.807, 2.05) is 60.9 Å². The van der Waals surface area contributed by atoms with Gasteiger partial charge in [0.2, 0.25) is 10.0 Å². The molecule has 0 saturated heterocycles. The minimum absolute atomic E-state index is 0.0586. The lowest BCUT2D eigenvalue weighted by atomic mass is 10.2. The number of fused-ring (bicyclic) bond motifs is 1. The maximum Gasteiger partial charge on any atom is 0.241 e. The molecule has 32 heavy (non-hydrogen) atoms. The average Bonchev–Trinajstić information content (AvgIpc) is 3.11. The standard InChI is InChI=1S/C24H26N4O3S/c1-4-31-20-10-8-19(9-11-20)16-28-23(27-21-6-5-13-25-24(21)28)15-26-32(29,30)22-12-7-17(2)14-18(22)3/h5-14,26H,4,15-16H2,1-3H3. The minimum atomic E-state index is -3.69. The van der Waals surface area contributed by atoms with E-state index in [1.165, 1.54) is 0 Å². The van der Waals surface area contributed by atoms with E-state index in [1.54, 1.807) is 25.3 Å². The third-order valence-electron chi connectivity index (χ3n) is 5.20. The zero-order valence-corrected chi connectivity index (χ0v) is 19.2. The number of hydrogen-bond acceptors (Lipinski definition) is 5. The van der Waals surface area contributed by atoms with Gasteiger partial charge in [-0.2, -0.15) is 0 Å². The molecule has 7 nitrogen and oxygen atoms in total. The SMILES string of the molecule is CCOc1ccc(Cn2c(CNS(=O)(=O)c3ccc(C)cc3C)nc3cccnc32)cc1. The van der Waals surface area contributed by atoms with Gasteiger partial charge in [-0.15, -0.1) is 0 Å². The number of rotatable bonds is 8. The van der Waals surface area contributed by atoms with Crippen molar-refractivity contribution in [2.24, 2.45) is 0 Å². The van der Waals surface area contributed by atoms with Gasteiger partial charge in [-0.1, -0.05) is 29.8 Å². The second-order valence-electron chi connectivity index (χ2n) is 7.63. The molecule has 0 fully saturated rings. The molecule has 0 aliphatic carbocycles. The monoisotopic (exact) mass is 450 g/mol. The lowest BCUT2D eigenvalue weighted by Gasteiger charge is -2.12. The Morgan fingerprint density at radius 3 is 2.56 bits per heavy atom. The lowest BCUT2D eigenvalue weighted by Crippen LogP contribution is -2.26. The topological polar surface area (TPSA) is 86.1 Å². The molecule has 4 rings (SSSR count). The van der Waals surface area contributed by atoms with Crippen LogP contribution in [0.4, 0.5) is 0 Å². The largest absolute Gasteiger partial charge is 0.494 e. The molecule has 166 valence electrons. The summed E-state index contributed by atoms with van der Waals surface area (Å²) in [6.45, 7) is 6.87. The van der Waals surface area contributed by atoms with E-state index in [4.69, 9.17) is 4.74 Å². The summed E-state index contributed by atoms with van der Waals surface area (Å²) in [5, 5.41) is 0. The molecule has 0 radical (unpaired) electrons. The van der Waals surface area contributed by atoms with E-state index in [2.05, 4.69) is 14.7 Å². The second kappa shape index (κ2) is 9.10. The highest BCUT2D eigenvalue weighted by atomic mass is 32.2.